The number of carbonyl (C=O) groups is 1. The zero-order valence-corrected chi connectivity index (χ0v) is 23.1. The highest BCUT2D eigenvalue weighted by molar-refractivity contribution is 5.70. The molecule has 35 heavy (non-hydrogen) atoms. The third-order valence-electron chi connectivity index (χ3n) is 10.7. The summed E-state index contributed by atoms with van der Waals surface area (Å²) in [6.45, 7) is 17.0. The van der Waals surface area contributed by atoms with Crippen LogP contribution in [0.4, 0.5) is 0 Å². The Bertz CT molecular complexity index is 1090. The number of fused-ring (bicyclic) bond motifs is 1. The van der Waals surface area contributed by atoms with Gasteiger partial charge in [-0.3, -0.25) is 4.79 Å². The molecular weight excluding hydrogens is 432 g/mol. The highest BCUT2D eigenvalue weighted by Gasteiger charge is 2.78. The zero-order valence-electron chi connectivity index (χ0n) is 23.1. The maximum atomic E-state index is 12.1. The second kappa shape index (κ2) is 7.73. The summed E-state index contributed by atoms with van der Waals surface area (Å²) < 4.78 is 11.4. The molecule has 0 aromatic heterocycles. The fourth-order valence-electron chi connectivity index (χ4n) is 8.03. The number of ether oxygens (including phenoxy) is 2. The first kappa shape index (κ1) is 24.7. The maximum absolute atomic E-state index is 12.1. The molecule has 0 saturated heterocycles. The SMILES string of the molecule is COC(=O)C[C@@H](C=C(C)C)C12C=CC(OCC3=CC45CC4(C=C3C)C(C)(C)CCC5(C)C)=CC1C2. The molecule has 0 amide bonds. The molecule has 0 aromatic carbocycles. The molecule has 5 rings (SSSR count). The van der Waals surface area contributed by atoms with Crippen LogP contribution >= 0.6 is 0 Å². The van der Waals surface area contributed by atoms with E-state index in [9.17, 15) is 4.79 Å². The van der Waals surface area contributed by atoms with E-state index in [1.54, 1.807) is 0 Å². The van der Waals surface area contributed by atoms with Crippen LogP contribution in [-0.4, -0.2) is 19.7 Å². The lowest BCUT2D eigenvalue weighted by molar-refractivity contribution is -0.141. The highest BCUT2D eigenvalue weighted by Crippen LogP contribution is 2.85. The Balaban J connectivity index is 1.30. The van der Waals surface area contributed by atoms with Crippen LogP contribution in [-0.2, 0) is 14.3 Å². The van der Waals surface area contributed by atoms with Crippen LogP contribution in [0, 0.1) is 38.9 Å². The molecule has 0 heterocycles. The molecule has 5 aliphatic carbocycles. The molecule has 0 N–H and O–H groups in total. The molecule has 5 aliphatic rings. The van der Waals surface area contributed by atoms with Gasteiger partial charge in [-0.05, 0) is 92.4 Å². The minimum Gasteiger partial charge on any atom is -0.489 e. The van der Waals surface area contributed by atoms with E-state index in [0.717, 1.165) is 12.2 Å². The Morgan fingerprint density at radius 3 is 2.37 bits per heavy atom. The second-order valence-corrected chi connectivity index (χ2v) is 13.6. The summed E-state index contributed by atoms with van der Waals surface area (Å²) >= 11 is 0. The Morgan fingerprint density at radius 1 is 1.11 bits per heavy atom. The third-order valence-corrected chi connectivity index (χ3v) is 10.7. The first-order chi connectivity index (χ1) is 16.3. The summed E-state index contributed by atoms with van der Waals surface area (Å²) in [5.41, 5.74) is 5.29. The minimum absolute atomic E-state index is 0.0303. The van der Waals surface area contributed by atoms with Crippen molar-refractivity contribution in [2.45, 2.75) is 80.6 Å². The molecule has 0 radical (unpaired) electrons. The fraction of sp³-hybridized carbons (Fsp3) is 0.656. The van der Waals surface area contributed by atoms with Crippen LogP contribution in [0.3, 0.4) is 0 Å². The van der Waals surface area contributed by atoms with Gasteiger partial charge >= 0.3 is 5.97 Å². The van der Waals surface area contributed by atoms with Gasteiger partial charge in [0, 0.05) is 16.2 Å². The quantitative estimate of drug-likeness (QED) is 0.279. The van der Waals surface area contributed by atoms with Crippen molar-refractivity contribution in [2.24, 2.45) is 38.9 Å². The number of esters is 1. The zero-order chi connectivity index (χ0) is 25.4. The number of allylic oxidation sites excluding steroid dienone is 7. The van der Waals surface area contributed by atoms with E-state index in [2.05, 4.69) is 84.9 Å². The molecule has 5 atom stereocenters. The molecular formula is C32H44O3. The van der Waals surface area contributed by atoms with E-state index < -0.39 is 0 Å². The Labute approximate surface area is 212 Å². The van der Waals surface area contributed by atoms with Crippen molar-refractivity contribution in [3.05, 3.63) is 58.9 Å². The average molecular weight is 477 g/mol. The van der Waals surface area contributed by atoms with Crippen LogP contribution in [0.1, 0.15) is 80.6 Å². The van der Waals surface area contributed by atoms with Crippen molar-refractivity contribution in [3.63, 3.8) is 0 Å². The molecule has 0 aromatic rings. The van der Waals surface area contributed by atoms with Gasteiger partial charge in [-0.2, -0.15) is 0 Å². The normalized spacial score (nSPS) is 37.8. The van der Waals surface area contributed by atoms with Gasteiger partial charge in [0.15, 0.2) is 0 Å². The van der Waals surface area contributed by atoms with Crippen LogP contribution in [0.5, 0.6) is 0 Å². The van der Waals surface area contributed by atoms with E-state index in [-0.39, 0.29) is 22.7 Å². The molecule has 3 saturated carbocycles. The molecule has 0 bridgehead atoms. The molecule has 3 heteroatoms. The predicted octanol–water partition coefficient (Wildman–Crippen LogP) is 7.72. The standard InChI is InChI=1S/C32H44O3/c1-21(2)13-24(15-27(33)34-8)30-10-9-26(14-25(30)18-30)35-19-23-17-32-20-31(32,16-22(23)3)28(4,5)11-12-29(32,6)7/h9-10,13-14,16-17,24-25H,11-12,15,18-20H2,1-8H3/t24-,25?,30?,31?,32?/m1/s1. The topological polar surface area (TPSA) is 35.5 Å². The van der Waals surface area contributed by atoms with Gasteiger partial charge in [-0.15, -0.1) is 0 Å². The van der Waals surface area contributed by atoms with Gasteiger partial charge in [0.25, 0.3) is 0 Å². The van der Waals surface area contributed by atoms with E-state index in [1.165, 1.54) is 43.1 Å². The lowest BCUT2D eigenvalue weighted by Gasteiger charge is -2.51. The monoisotopic (exact) mass is 476 g/mol. The molecule has 190 valence electrons. The van der Waals surface area contributed by atoms with Crippen molar-refractivity contribution >= 4 is 5.97 Å². The average Bonchev–Trinajstić information content (AvgIpc) is 3.67. The molecule has 0 aliphatic heterocycles. The molecule has 4 unspecified atom stereocenters. The Hall–Kier alpha value is -2.03. The van der Waals surface area contributed by atoms with Crippen molar-refractivity contribution < 1.29 is 14.3 Å². The maximum Gasteiger partial charge on any atom is 0.306 e. The van der Waals surface area contributed by atoms with Gasteiger partial charge in [-0.25, -0.2) is 0 Å². The van der Waals surface area contributed by atoms with E-state index in [0.29, 0.717) is 35.2 Å². The smallest absolute Gasteiger partial charge is 0.306 e. The van der Waals surface area contributed by atoms with Crippen LogP contribution in [0.15, 0.2) is 58.9 Å². The molecule has 0 spiro atoms. The van der Waals surface area contributed by atoms with E-state index in [4.69, 9.17) is 9.47 Å². The number of hydrogen-bond acceptors (Lipinski definition) is 3. The first-order valence-corrected chi connectivity index (χ1v) is 13.5. The first-order valence-electron chi connectivity index (χ1n) is 13.5. The van der Waals surface area contributed by atoms with E-state index in [1.807, 2.05) is 0 Å². The number of carbonyl (C=O) groups excluding carboxylic acids is 1. The summed E-state index contributed by atoms with van der Waals surface area (Å²) in [5.74, 6) is 1.43. The number of methoxy groups -OCH3 is 1. The van der Waals surface area contributed by atoms with Crippen LogP contribution < -0.4 is 0 Å². The summed E-state index contributed by atoms with van der Waals surface area (Å²) in [7, 11) is 1.48. The van der Waals surface area contributed by atoms with Gasteiger partial charge in [0.2, 0.25) is 0 Å². The third kappa shape index (κ3) is 3.55. The summed E-state index contributed by atoms with van der Waals surface area (Å²) in [6, 6.07) is 0. The minimum atomic E-state index is -0.136. The Kier molecular flexibility index (Phi) is 5.45. The van der Waals surface area contributed by atoms with Crippen LogP contribution in [0.25, 0.3) is 0 Å². The van der Waals surface area contributed by atoms with Gasteiger partial charge in [-0.1, -0.05) is 57.6 Å². The van der Waals surface area contributed by atoms with E-state index >= 15 is 0 Å². The van der Waals surface area contributed by atoms with Crippen molar-refractivity contribution in [1.82, 2.24) is 0 Å². The second-order valence-electron chi connectivity index (χ2n) is 13.6. The highest BCUT2D eigenvalue weighted by atomic mass is 16.5. The number of hydrogen-bond donors (Lipinski definition) is 0. The van der Waals surface area contributed by atoms with Gasteiger partial charge in [0.1, 0.15) is 12.4 Å². The van der Waals surface area contributed by atoms with Gasteiger partial charge in [0.05, 0.1) is 13.5 Å². The van der Waals surface area contributed by atoms with Gasteiger partial charge < -0.3 is 9.47 Å². The summed E-state index contributed by atoms with van der Waals surface area (Å²) in [6.07, 6.45) is 19.6. The molecule has 3 fully saturated rings. The van der Waals surface area contributed by atoms with Crippen LogP contribution in [0.2, 0.25) is 0 Å². The molecule has 3 nitrogen and oxygen atoms in total. The lowest BCUT2D eigenvalue weighted by Crippen LogP contribution is -2.44. The fourth-order valence-corrected chi connectivity index (χ4v) is 8.03. The lowest BCUT2D eigenvalue weighted by atomic mass is 9.53. The Morgan fingerprint density at radius 2 is 1.77 bits per heavy atom. The largest absolute Gasteiger partial charge is 0.489 e. The predicted molar refractivity (Wildman–Crippen MR) is 141 cm³/mol. The van der Waals surface area contributed by atoms with Crippen molar-refractivity contribution in [1.29, 1.82) is 0 Å². The number of rotatable bonds is 7. The van der Waals surface area contributed by atoms with Crippen molar-refractivity contribution in [2.75, 3.05) is 13.7 Å². The summed E-state index contributed by atoms with van der Waals surface area (Å²) in [4.78, 5) is 12.1. The summed E-state index contributed by atoms with van der Waals surface area (Å²) in [5, 5.41) is 0. The van der Waals surface area contributed by atoms with Crippen molar-refractivity contribution in [3.8, 4) is 0 Å².